The molecule has 2 aromatic rings. The highest BCUT2D eigenvalue weighted by Gasteiger charge is 2.45. The van der Waals surface area contributed by atoms with Gasteiger partial charge in [0.2, 0.25) is 0 Å². The van der Waals surface area contributed by atoms with E-state index in [0.29, 0.717) is 44.6 Å². The van der Waals surface area contributed by atoms with Gasteiger partial charge in [0.15, 0.2) is 0 Å². The molecule has 0 aliphatic carbocycles. The van der Waals surface area contributed by atoms with Crippen LogP contribution in [-0.4, -0.2) is 76.1 Å². The van der Waals surface area contributed by atoms with Crippen LogP contribution in [0.15, 0.2) is 30.6 Å². The maximum Gasteiger partial charge on any atom is 0.253 e. The quantitative estimate of drug-likeness (QED) is 0.634. The summed E-state index contributed by atoms with van der Waals surface area (Å²) in [5.41, 5.74) is 0.967. The Bertz CT molecular complexity index is 1000. The van der Waals surface area contributed by atoms with Gasteiger partial charge >= 0.3 is 0 Å². The third-order valence-electron chi connectivity index (χ3n) is 6.62. The zero-order chi connectivity index (χ0) is 24.5. The Balaban J connectivity index is 1.45. The first-order valence-electron chi connectivity index (χ1n) is 11.9. The van der Waals surface area contributed by atoms with Gasteiger partial charge in [0.1, 0.15) is 17.7 Å². The largest absolute Gasteiger partial charge is 0.491 e. The van der Waals surface area contributed by atoms with E-state index in [4.69, 9.17) is 9.47 Å². The van der Waals surface area contributed by atoms with Crippen LogP contribution in [0.1, 0.15) is 54.5 Å². The molecule has 2 aliphatic heterocycles. The van der Waals surface area contributed by atoms with Gasteiger partial charge in [0, 0.05) is 51.2 Å². The van der Waals surface area contributed by atoms with Crippen molar-refractivity contribution in [1.82, 2.24) is 19.4 Å². The van der Waals surface area contributed by atoms with Gasteiger partial charge in [-0.2, -0.15) is 0 Å². The zero-order valence-electron chi connectivity index (χ0n) is 20.3. The summed E-state index contributed by atoms with van der Waals surface area (Å²) in [5.74, 6) is 1.48. The van der Waals surface area contributed by atoms with Crippen molar-refractivity contribution in [2.24, 2.45) is 7.05 Å². The minimum Gasteiger partial charge on any atom is -0.491 e. The molecule has 1 aromatic heterocycles. The highest BCUT2D eigenvalue weighted by Crippen LogP contribution is 2.38. The first-order valence-corrected chi connectivity index (χ1v) is 11.9. The molecule has 1 aromatic carbocycles. The molecule has 0 bridgehead atoms. The molecular formula is C25H34F2N4O3. The molecule has 1 unspecified atom stereocenters. The second-order valence-corrected chi connectivity index (χ2v) is 9.71. The van der Waals surface area contributed by atoms with E-state index in [-0.39, 0.29) is 24.7 Å². The maximum absolute atomic E-state index is 13.2. The molecule has 0 radical (unpaired) electrons. The maximum atomic E-state index is 13.2. The molecule has 0 saturated carbocycles. The fraction of sp³-hybridized carbons (Fsp3) is 0.600. The number of aryl methyl sites for hydroxylation is 2. The molecule has 3 heterocycles. The predicted molar refractivity (Wildman–Crippen MR) is 124 cm³/mol. The first kappa shape index (κ1) is 24.6. The summed E-state index contributed by atoms with van der Waals surface area (Å²) in [6, 6.07) is 5.51. The van der Waals surface area contributed by atoms with Crippen molar-refractivity contribution in [3.05, 3.63) is 47.5 Å². The molecule has 2 fully saturated rings. The molecule has 2 saturated heterocycles. The average Bonchev–Trinajstić information content (AvgIpc) is 3.20. The number of nitrogens with zero attached hydrogens (tertiary/aromatic N) is 4. The number of hydrogen-bond acceptors (Lipinski definition) is 5. The van der Waals surface area contributed by atoms with Crippen LogP contribution >= 0.6 is 0 Å². The summed E-state index contributed by atoms with van der Waals surface area (Å²) >= 11 is 0. The Morgan fingerprint density at radius 2 is 2.03 bits per heavy atom. The smallest absolute Gasteiger partial charge is 0.253 e. The molecule has 186 valence electrons. The SMILES string of the molecule is Cc1cc(C(=O)N2CCC3(CC2)CN(CC(F)F)CC(c2nccn2C)O3)ccc1OC(C)C. The first-order chi connectivity index (χ1) is 16.2. The number of alkyl halides is 2. The van der Waals surface area contributed by atoms with Gasteiger partial charge in [0.05, 0.1) is 18.2 Å². The van der Waals surface area contributed by atoms with Gasteiger partial charge in [-0.15, -0.1) is 0 Å². The lowest BCUT2D eigenvalue weighted by molar-refractivity contribution is -0.182. The standard InChI is InChI=1S/C25H34F2N4O3/c1-17(2)33-20-6-5-19(13-18(20)3)24(32)31-10-7-25(8-11-31)16-30(15-22(26)27)14-21(34-25)23-28-9-12-29(23)4/h5-6,9,12-13,17,21-22H,7-8,10-11,14-16H2,1-4H3. The Kier molecular flexibility index (Phi) is 7.23. The third-order valence-corrected chi connectivity index (χ3v) is 6.62. The summed E-state index contributed by atoms with van der Waals surface area (Å²) in [6.45, 7) is 7.41. The summed E-state index contributed by atoms with van der Waals surface area (Å²) < 4.78 is 40.7. The van der Waals surface area contributed by atoms with Gasteiger partial charge < -0.3 is 18.9 Å². The van der Waals surface area contributed by atoms with E-state index in [1.54, 1.807) is 17.2 Å². The summed E-state index contributed by atoms with van der Waals surface area (Å²) in [4.78, 5) is 21.2. The molecule has 1 spiro atoms. The van der Waals surface area contributed by atoms with Gasteiger partial charge in [-0.1, -0.05) is 0 Å². The van der Waals surface area contributed by atoms with E-state index >= 15 is 0 Å². The normalized spacial score (nSPS) is 20.9. The van der Waals surface area contributed by atoms with Crippen molar-refractivity contribution in [2.45, 2.75) is 57.8 Å². The number of benzene rings is 1. The van der Waals surface area contributed by atoms with E-state index in [0.717, 1.165) is 17.1 Å². The second-order valence-electron chi connectivity index (χ2n) is 9.71. The molecule has 2 aliphatic rings. The Morgan fingerprint density at radius 3 is 2.62 bits per heavy atom. The molecule has 1 amide bonds. The lowest BCUT2D eigenvalue weighted by Gasteiger charge is -2.49. The van der Waals surface area contributed by atoms with Crippen molar-refractivity contribution in [2.75, 3.05) is 32.7 Å². The van der Waals surface area contributed by atoms with Crippen LogP contribution in [0, 0.1) is 6.92 Å². The van der Waals surface area contributed by atoms with Crippen LogP contribution in [0.4, 0.5) is 8.78 Å². The zero-order valence-corrected chi connectivity index (χ0v) is 20.3. The fourth-order valence-electron chi connectivity index (χ4n) is 4.98. The number of rotatable bonds is 6. The van der Waals surface area contributed by atoms with Crippen LogP contribution in [0.25, 0.3) is 0 Å². The van der Waals surface area contributed by atoms with Crippen molar-refractivity contribution in [1.29, 1.82) is 0 Å². The van der Waals surface area contributed by atoms with Crippen molar-refractivity contribution >= 4 is 5.91 Å². The molecule has 34 heavy (non-hydrogen) atoms. The molecule has 7 nitrogen and oxygen atoms in total. The van der Waals surface area contributed by atoms with Crippen LogP contribution in [0.5, 0.6) is 5.75 Å². The van der Waals surface area contributed by atoms with Gasteiger partial charge in [-0.05, 0) is 57.4 Å². The van der Waals surface area contributed by atoms with Crippen LogP contribution in [0.2, 0.25) is 0 Å². The number of carbonyl (C=O) groups excluding carboxylic acids is 1. The fourth-order valence-corrected chi connectivity index (χ4v) is 4.98. The van der Waals surface area contributed by atoms with Crippen molar-refractivity contribution in [3.8, 4) is 5.75 Å². The van der Waals surface area contributed by atoms with Crippen molar-refractivity contribution in [3.63, 3.8) is 0 Å². The van der Waals surface area contributed by atoms with E-state index in [1.807, 2.05) is 55.6 Å². The number of morpholine rings is 1. The minimum absolute atomic E-state index is 0.0325. The Hall–Kier alpha value is -2.52. The molecule has 1 atom stereocenters. The van der Waals surface area contributed by atoms with Crippen LogP contribution < -0.4 is 4.74 Å². The molecule has 4 rings (SSSR count). The Labute approximate surface area is 199 Å². The van der Waals surface area contributed by atoms with Crippen LogP contribution in [-0.2, 0) is 11.8 Å². The minimum atomic E-state index is -2.41. The molecule has 9 heteroatoms. The number of amides is 1. The lowest BCUT2D eigenvalue weighted by Crippen LogP contribution is -2.58. The third kappa shape index (κ3) is 5.41. The number of aromatic nitrogens is 2. The topological polar surface area (TPSA) is 59.8 Å². The number of carbonyl (C=O) groups is 1. The average molecular weight is 477 g/mol. The highest BCUT2D eigenvalue weighted by atomic mass is 19.3. The number of piperidine rings is 1. The number of hydrogen-bond donors (Lipinski definition) is 0. The van der Waals surface area contributed by atoms with E-state index < -0.39 is 12.0 Å². The number of imidazole rings is 1. The van der Waals surface area contributed by atoms with Gasteiger partial charge in [-0.3, -0.25) is 9.69 Å². The summed E-state index contributed by atoms with van der Waals surface area (Å²) in [6.07, 6.45) is 1.97. The van der Waals surface area contributed by atoms with E-state index in [9.17, 15) is 13.6 Å². The Morgan fingerprint density at radius 1 is 1.29 bits per heavy atom. The number of halogens is 2. The molecular weight excluding hydrogens is 442 g/mol. The van der Waals surface area contributed by atoms with E-state index in [1.165, 1.54) is 0 Å². The van der Waals surface area contributed by atoms with Gasteiger partial charge in [-0.25, -0.2) is 13.8 Å². The number of likely N-dealkylation sites (tertiary alicyclic amines) is 1. The highest BCUT2D eigenvalue weighted by molar-refractivity contribution is 5.94. The summed E-state index contributed by atoms with van der Waals surface area (Å²) in [5, 5.41) is 0. The second kappa shape index (κ2) is 10.00. The van der Waals surface area contributed by atoms with E-state index in [2.05, 4.69) is 4.98 Å². The monoisotopic (exact) mass is 476 g/mol. The van der Waals surface area contributed by atoms with Gasteiger partial charge in [0.25, 0.3) is 12.3 Å². The van der Waals surface area contributed by atoms with Crippen molar-refractivity contribution < 1.29 is 23.0 Å². The summed E-state index contributed by atoms with van der Waals surface area (Å²) in [7, 11) is 1.88. The van der Waals surface area contributed by atoms with Crippen LogP contribution in [0.3, 0.4) is 0 Å². The lowest BCUT2D eigenvalue weighted by atomic mass is 9.88. The molecule has 0 N–H and O–H groups in total. The number of ether oxygens (including phenoxy) is 2. The predicted octanol–water partition coefficient (Wildman–Crippen LogP) is 3.83.